The fourth-order valence-corrected chi connectivity index (χ4v) is 11.8. The Morgan fingerprint density at radius 1 is 1.07 bits per heavy atom. The highest BCUT2D eigenvalue weighted by molar-refractivity contribution is 5.80. The summed E-state index contributed by atoms with van der Waals surface area (Å²) in [5.41, 5.74) is 10.2. The van der Waals surface area contributed by atoms with Crippen LogP contribution < -0.4 is 11.5 Å². The van der Waals surface area contributed by atoms with E-state index in [1.54, 1.807) is 0 Å². The molecule has 4 aliphatic carbocycles. The number of guanidine groups is 1. The van der Waals surface area contributed by atoms with Crippen LogP contribution in [0.3, 0.4) is 0 Å². The van der Waals surface area contributed by atoms with Gasteiger partial charge in [0.15, 0.2) is 5.96 Å². The minimum Gasteiger partial charge on any atom is -0.481 e. The van der Waals surface area contributed by atoms with Crippen molar-refractivity contribution in [3.63, 3.8) is 0 Å². The Labute approximate surface area is 274 Å². The number of esters is 2. The largest absolute Gasteiger partial charge is 0.481 e. The topological polar surface area (TPSA) is 164 Å². The summed E-state index contributed by atoms with van der Waals surface area (Å²) in [7, 11) is 0. The van der Waals surface area contributed by atoms with Crippen molar-refractivity contribution in [1.29, 1.82) is 0 Å². The summed E-state index contributed by atoms with van der Waals surface area (Å²) in [4.78, 5) is 42.7. The number of hydrogen-bond donors (Lipinski definition) is 3. The lowest BCUT2D eigenvalue weighted by atomic mass is 9.34. The van der Waals surface area contributed by atoms with Crippen molar-refractivity contribution in [1.82, 2.24) is 0 Å². The summed E-state index contributed by atoms with van der Waals surface area (Å²) < 4.78 is 18.7. The highest BCUT2D eigenvalue weighted by Crippen LogP contribution is 2.75. The van der Waals surface area contributed by atoms with Gasteiger partial charge in [-0.1, -0.05) is 60.1 Å². The van der Waals surface area contributed by atoms with Crippen LogP contribution in [0.5, 0.6) is 0 Å². The molecule has 0 amide bonds. The Bertz CT molecular complexity index is 1330. The Kier molecular flexibility index (Phi) is 8.69. The summed E-state index contributed by atoms with van der Waals surface area (Å²) >= 11 is 0. The molecule has 10 heteroatoms. The molecule has 0 radical (unpaired) electrons. The number of carboxylic acid groups (broad SMARTS) is 1. The molecule has 10 nitrogen and oxygen atoms in total. The molecule has 258 valence electrons. The fraction of sp³-hybridized carbons (Fsp3) is 0.833. The van der Waals surface area contributed by atoms with E-state index in [9.17, 15) is 19.5 Å². The maximum atomic E-state index is 13.4. The molecule has 1 heterocycles. The number of ether oxygens (including phenoxy) is 3. The van der Waals surface area contributed by atoms with E-state index in [-0.39, 0.29) is 47.2 Å². The van der Waals surface area contributed by atoms with Crippen LogP contribution in [0.4, 0.5) is 0 Å². The Morgan fingerprint density at radius 2 is 1.74 bits per heavy atom. The maximum Gasteiger partial charge on any atom is 0.328 e. The monoisotopic (exact) mass is 643 g/mol. The molecule has 0 spiro atoms. The molecule has 5 rings (SSSR count). The van der Waals surface area contributed by atoms with Crippen molar-refractivity contribution in [3.05, 3.63) is 11.6 Å². The Balaban J connectivity index is 1.61. The van der Waals surface area contributed by atoms with E-state index in [0.29, 0.717) is 25.4 Å². The minimum absolute atomic E-state index is 0.108. The zero-order valence-electron chi connectivity index (χ0n) is 29.4. The summed E-state index contributed by atoms with van der Waals surface area (Å²) in [5, 5.41) is 11.0. The van der Waals surface area contributed by atoms with Crippen LogP contribution in [0, 0.1) is 56.7 Å². The molecule has 4 fully saturated rings. The van der Waals surface area contributed by atoms with Gasteiger partial charge in [0.2, 0.25) is 0 Å². The number of carbonyl (C=O) groups excluding carboxylic acids is 2. The van der Waals surface area contributed by atoms with Crippen molar-refractivity contribution in [2.45, 2.75) is 119 Å². The number of carboxylic acids is 1. The van der Waals surface area contributed by atoms with E-state index < -0.39 is 52.3 Å². The Hall–Kier alpha value is -2.62. The van der Waals surface area contributed by atoms with Gasteiger partial charge in [0.05, 0.1) is 18.6 Å². The molecule has 2 bridgehead atoms. The number of hydrogen-bond acceptors (Lipinski definition) is 7. The fourth-order valence-electron chi connectivity index (χ4n) is 11.8. The zero-order valence-corrected chi connectivity index (χ0v) is 29.4. The third kappa shape index (κ3) is 4.81. The normalized spacial score (nSPS) is 45.2. The van der Waals surface area contributed by atoms with Crippen LogP contribution in [0.15, 0.2) is 16.6 Å². The van der Waals surface area contributed by atoms with Gasteiger partial charge in [-0.05, 0) is 78.9 Å². The molecular weight excluding hydrogens is 586 g/mol. The van der Waals surface area contributed by atoms with Crippen molar-refractivity contribution in [3.8, 4) is 0 Å². The average Bonchev–Trinajstić information content (AvgIpc) is 2.96. The van der Waals surface area contributed by atoms with Gasteiger partial charge in [-0.3, -0.25) is 14.4 Å². The Morgan fingerprint density at radius 3 is 2.33 bits per heavy atom. The highest BCUT2D eigenvalue weighted by atomic mass is 16.6. The molecule has 1 saturated heterocycles. The lowest BCUT2D eigenvalue weighted by Gasteiger charge is -2.72. The standard InChI is InChI=1S/C36H57N3O7/c1-19(2)20(3)32(6)14-15-34(8)23-10-11-26-33(7)18-44-21(4)36(26,24(23)12-13-35(34,9)28(32)30(42)43)16-25(45-22(5)40)29(33)46-27(41)17-39-31(37)38/h12,19-21,23,25-26,28-29H,10-11,13-18H2,1-9H3,(H,42,43)(H4,37,38,39)/t20-,21+,23+,25-,26+,28-,29+,32-,33-,34-,35+,36+/m1/s1. The number of fused-ring (bicyclic) bond motifs is 3. The summed E-state index contributed by atoms with van der Waals surface area (Å²) in [6.45, 7) is 19.1. The van der Waals surface area contributed by atoms with E-state index in [2.05, 4.69) is 66.5 Å². The van der Waals surface area contributed by atoms with Crippen LogP contribution in [-0.2, 0) is 28.6 Å². The van der Waals surface area contributed by atoms with Gasteiger partial charge in [-0.2, -0.15) is 0 Å². The summed E-state index contributed by atoms with van der Waals surface area (Å²) in [6, 6.07) is 0. The van der Waals surface area contributed by atoms with Gasteiger partial charge < -0.3 is 30.8 Å². The van der Waals surface area contributed by atoms with Crippen molar-refractivity contribution in [2.24, 2.45) is 73.1 Å². The number of nitrogens with two attached hydrogens (primary N) is 2. The van der Waals surface area contributed by atoms with Crippen LogP contribution in [0.1, 0.15) is 101 Å². The smallest absolute Gasteiger partial charge is 0.328 e. The molecule has 0 aromatic rings. The molecule has 12 atom stereocenters. The number of nitrogens with zero attached hydrogens (tertiary/aromatic N) is 1. The first kappa shape index (κ1) is 34.7. The lowest BCUT2D eigenvalue weighted by molar-refractivity contribution is -0.281. The molecule has 0 aromatic carbocycles. The second kappa shape index (κ2) is 11.5. The SMILES string of the molecule is CC(=O)O[C@@H]1C[C@]23C4=CC[C@@]5(C)[C@H](C(=O)O)[C@@](C)([C@H](C)C(C)C)CC[C@]5(C)[C@H]4CC[C@H]2[C@@](C)(CO[C@H]3C)[C@H]1OC(=O)CN=C(N)N. The lowest BCUT2D eigenvalue weighted by Crippen LogP contribution is -2.72. The number of aliphatic carboxylic acids is 1. The summed E-state index contributed by atoms with van der Waals surface area (Å²) in [6.07, 6.45) is 5.55. The van der Waals surface area contributed by atoms with E-state index in [0.717, 1.165) is 25.7 Å². The predicted molar refractivity (Wildman–Crippen MR) is 174 cm³/mol. The molecular formula is C36H57N3O7. The zero-order chi connectivity index (χ0) is 34.2. The van der Waals surface area contributed by atoms with Crippen molar-refractivity contribution < 1.29 is 33.7 Å². The van der Waals surface area contributed by atoms with Crippen LogP contribution in [-0.4, -0.2) is 60.4 Å². The van der Waals surface area contributed by atoms with Crippen LogP contribution in [0.2, 0.25) is 0 Å². The average molecular weight is 644 g/mol. The van der Waals surface area contributed by atoms with E-state index >= 15 is 0 Å². The van der Waals surface area contributed by atoms with Crippen molar-refractivity contribution >= 4 is 23.9 Å². The molecule has 0 aromatic heterocycles. The number of carbonyl (C=O) groups is 3. The molecule has 5 N–H and O–H groups in total. The first-order valence-electron chi connectivity index (χ1n) is 17.3. The van der Waals surface area contributed by atoms with Gasteiger partial charge in [0.1, 0.15) is 18.8 Å². The second-order valence-corrected chi connectivity index (χ2v) is 16.7. The van der Waals surface area contributed by atoms with Crippen LogP contribution >= 0.6 is 0 Å². The van der Waals surface area contributed by atoms with Gasteiger partial charge in [-0.25, -0.2) is 4.99 Å². The van der Waals surface area contributed by atoms with Gasteiger partial charge in [-0.15, -0.1) is 0 Å². The van der Waals surface area contributed by atoms with Crippen molar-refractivity contribution in [2.75, 3.05) is 13.2 Å². The van der Waals surface area contributed by atoms with E-state index in [1.807, 2.05) is 0 Å². The number of allylic oxidation sites excluding steroid dienone is 1. The summed E-state index contributed by atoms with van der Waals surface area (Å²) in [5.74, 6) is -1.48. The van der Waals surface area contributed by atoms with Crippen LogP contribution in [0.25, 0.3) is 0 Å². The van der Waals surface area contributed by atoms with Gasteiger partial charge >= 0.3 is 17.9 Å². The third-order valence-corrected chi connectivity index (χ3v) is 14.5. The predicted octanol–water partition coefficient (Wildman–Crippen LogP) is 5.08. The second-order valence-electron chi connectivity index (χ2n) is 16.7. The molecule has 3 saturated carbocycles. The van der Waals surface area contributed by atoms with E-state index in [4.69, 9.17) is 25.7 Å². The highest BCUT2D eigenvalue weighted by Gasteiger charge is 2.73. The quantitative estimate of drug-likeness (QED) is 0.149. The number of rotatable bonds is 7. The third-order valence-electron chi connectivity index (χ3n) is 14.5. The molecule has 1 aliphatic heterocycles. The first-order valence-corrected chi connectivity index (χ1v) is 17.3. The van der Waals surface area contributed by atoms with E-state index in [1.165, 1.54) is 12.5 Å². The maximum absolute atomic E-state index is 13.4. The molecule has 5 aliphatic rings. The minimum atomic E-state index is -0.727. The number of aliphatic imine (C=N–C) groups is 1. The van der Waals surface area contributed by atoms with Gasteiger partial charge in [0, 0.05) is 24.2 Å². The first-order chi connectivity index (χ1) is 21.3. The molecule has 46 heavy (non-hydrogen) atoms. The molecule has 0 unspecified atom stereocenters. The van der Waals surface area contributed by atoms with Gasteiger partial charge in [0.25, 0.3) is 0 Å².